The van der Waals surface area contributed by atoms with Crippen LogP contribution in [0.25, 0.3) is 16.5 Å². The molecular weight excluding hydrogens is 278 g/mol. The fourth-order valence-corrected chi connectivity index (χ4v) is 2.44. The Bertz CT molecular complexity index is 882. The predicted molar refractivity (Wildman–Crippen MR) is 85.5 cm³/mol. The number of carbonyl (C=O) groups is 1. The molecule has 0 radical (unpaired) electrons. The van der Waals surface area contributed by atoms with Crippen LogP contribution in [-0.4, -0.2) is 17.1 Å². The number of nitrogens with zero attached hydrogens (tertiary/aromatic N) is 1. The maximum atomic E-state index is 12.7. The maximum Gasteiger partial charge on any atom is 0.340 e. The summed E-state index contributed by atoms with van der Waals surface area (Å²) < 4.78 is 6.59. The Morgan fingerprint density at radius 1 is 1.00 bits per heavy atom. The van der Waals surface area contributed by atoms with Crippen LogP contribution in [0.15, 0.2) is 65.6 Å². The number of para-hydroxylation sites is 1. The maximum absolute atomic E-state index is 12.7. The zero-order valence-electron chi connectivity index (χ0n) is 12.2. The van der Waals surface area contributed by atoms with Gasteiger partial charge in [0, 0.05) is 22.7 Å². The van der Waals surface area contributed by atoms with Crippen molar-refractivity contribution in [2.45, 2.75) is 6.92 Å². The van der Waals surface area contributed by atoms with Crippen LogP contribution < -0.4 is 5.56 Å². The zero-order chi connectivity index (χ0) is 15.5. The van der Waals surface area contributed by atoms with Gasteiger partial charge in [-0.1, -0.05) is 36.4 Å². The number of hydrogen-bond donors (Lipinski definition) is 0. The van der Waals surface area contributed by atoms with E-state index in [4.69, 9.17) is 4.74 Å². The molecular formula is C18H15NO3. The number of pyridine rings is 1. The van der Waals surface area contributed by atoms with Gasteiger partial charge in [-0.3, -0.25) is 9.36 Å². The summed E-state index contributed by atoms with van der Waals surface area (Å²) in [7, 11) is 0. The van der Waals surface area contributed by atoms with Crippen LogP contribution in [0.3, 0.4) is 0 Å². The van der Waals surface area contributed by atoms with Gasteiger partial charge in [0.25, 0.3) is 5.56 Å². The lowest BCUT2D eigenvalue weighted by Gasteiger charge is -2.11. The van der Waals surface area contributed by atoms with E-state index in [1.165, 1.54) is 4.57 Å². The minimum absolute atomic E-state index is 0.158. The molecule has 0 saturated heterocycles. The molecule has 4 heteroatoms. The Balaban J connectivity index is 2.33. The lowest BCUT2D eigenvalue weighted by Crippen LogP contribution is -2.21. The number of carbonyl (C=O) groups excluding carboxylic acids is 1. The first-order valence-corrected chi connectivity index (χ1v) is 7.09. The Morgan fingerprint density at radius 3 is 2.32 bits per heavy atom. The molecule has 22 heavy (non-hydrogen) atoms. The molecule has 0 aliphatic heterocycles. The van der Waals surface area contributed by atoms with Gasteiger partial charge in [0.05, 0.1) is 12.2 Å². The molecule has 3 rings (SSSR count). The number of fused-ring (bicyclic) bond motifs is 1. The van der Waals surface area contributed by atoms with E-state index < -0.39 is 5.97 Å². The average Bonchev–Trinajstić information content (AvgIpc) is 2.56. The van der Waals surface area contributed by atoms with Gasteiger partial charge in [-0.15, -0.1) is 0 Å². The zero-order valence-corrected chi connectivity index (χ0v) is 12.2. The van der Waals surface area contributed by atoms with Crippen LogP contribution in [0.4, 0.5) is 0 Å². The highest BCUT2D eigenvalue weighted by atomic mass is 16.5. The lowest BCUT2D eigenvalue weighted by atomic mass is 10.1. The smallest absolute Gasteiger partial charge is 0.340 e. The molecule has 0 atom stereocenters. The molecule has 2 aromatic carbocycles. The van der Waals surface area contributed by atoms with Crippen LogP contribution in [0.5, 0.6) is 0 Å². The second kappa shape index (κ2) is 5.85. The van der Waals surface area contributed by atoms with Gasteiger partial charge in [0.15, 0.2) is 0 Å². The first-order chi connectivity index (χ1) is 10.7. The number of ether oxygens (including phenoxy) is 1. The number of rotatable bonds is 3. The molecule has 0 fully saturated rings. The second-order valence-corrected chi connectivity index (χ2v) is 4.82. The quantitative estimate of drug-likeness (QED) is 0.697. The monoisotopic (exact) mass is 293 g/mol. The summed E-state index contributed by atoms with van der Waals surface area (Å²) in [6, 6.07) is 16.3. The molecule has 0 bridgehead atoms. The Kier molecular flexibility index (Phi) is 3.74. The highest BCUT2D eigenvalue weighted by molar-refractivity contribution is 6.04. The summed E-state index contributed by atoms with van der Waals surface area (Å²) >= 11 is 0. The van der Waals surface area contributed by atoms with Crippen LogP contribution in [0.2, 0.25) is 0 Å². The predicted octanol–water partition coefficient (Wildman–Crippen LogP) is 3.17. The van der Waals surface area contributed by atoms with Crippen molar-refractivity contribution in [3.8, 4) is 5.69 Å². The number of esters is 1. The van der Waals surface area contributed by atoms with Gasteiger partial charge >= 0.3 is 5.97 Å². The third-order valence-electron chi connectivity index (χ3n) is 3.45. The Labute approximate surface area is 127 Å². The van der Waals surface area contributed by atoms with E-state index >= 15 is 0 Å². The fourth-order valence-electron chi connectivity index (χ4n) is 2.44. The van der Waals surface area contributed by atoms with Crippen molar-refractivity contribution in [1.82, 2.24) is 4.57 Å². The van der Waals surface area contributed by atoms with Gasteiger partial charge in [0.2, 0.25) is 0 Å². The largest absolute Gasteiger partial charge is 0.462 e. The number of aromatic nitrogens is 1. The summed E-state index contributed by atoms with van der Waals surface area (Å²) in [6.45, 7) is 2.05. The van der Waals surface area contributed by atoms with Crippen molar-refractivity contribution in [2.75, 3.05) is 6.61 Å². The molecule has 1 heterocycles. The SMILES string of the molecule is CCOC(=O)c1cn(-c2ccccc2)c(=O)c2ccccc12. The molecule has 0 saturated carbocycles. The molecule has 0 unspecified atom stereocenters. The standard InChI is InChI=1S/C18H15NO3/c1-2-22-18(21)16-12-19(13-8-4-3-5-9-13)17(20)15-11-7-6-10-14(15)16/h3-12H,2H2,1H3. The van der Waals surface area contributed by atoms with Gasteiger partial charge in [-0.05, 0) is 25.1 Å². The van der Waals surface area contributed by atoms with Crippen LogP contribution >= 0.6 is 0 Å². The van der Waals surface area contributed by atoms with Crippen molar-refractivity contribution in [3.05, 3.63) is 76.7 Å². The summed E-state index contributed by atoms with van der Waals surface area (Å²) in [5.74, 6) is -0.427. The molecule has 0 spiro atoms. The number of benzene rings is 2. The van der Waals surface area contributed by atoms with E-state index in [1.54, 1.807) is 37.4 Å². The van der Waals surface area contributed by atoms with E-state index in [2.05, 4.69) is 0 Å². The van der Waals surface area contributed by atoms with Crippen molar-refractivity contribution < 1.29 is 9.53 Å². The lowest BCUT2D eigenvalue weighted by molar-refractivity contribution is 0.0528. The van der Waals surface area contributed by atoms with Gasteiger partial charge < -0.3 is 4.74 Å². The third kappa shape index (κ3) is 2.39. The molecule has 3 aromatic rings. The van der Waals surface area contributed by atoms with Gasteiger partial charge in [-0.25, -0.2) is 4.79 Å². The van der Waals surface area contributed by atoms with Gasteiger partial charge in [0.1, 0.15) is 0 Å². The highest BCUT2D eigenvalue weighted by Crippen LogP contribution is 2.18. The molecule has 110 valence electrons. The van der Waals surface area contributed by atoms with Crippen molar-refractivity contribution in [1.29, 1.82) is 0 Å². The first kappa shape index (κ1) is 14.1. The number of hydrogen-bond acceptors (Lipinski definition) is 3. The van der Waals surface area contributed by atoms with E-state index in [0.717, 1.165) is 0 Å². The van der Waals surface area contributed by atoms with Gasteiger partial charge in [-0.2, -0.15) is 0 Å². The van der Waals surface area contributed by atoms with E-state index in [9.17, 15) is 9.59 Å². The fraction of sp³-hybridized carbons (Fsp3) is 0.111. The van der Waals surface area contributed by atoms with Crippen molar-refractivity contribution >= 4 is 16.7 Å². The molecule has 0 aliphatic carbocycles. The minimum atomic E-state index is -0.427. The molecule has 1 aromatic heterocycles. The molecule has 0 N–H and O–H groups in total. The van der Waals surface area contributed by atoms with Crippen LogP contribution in [0.1, 0.15) is 17.3 Å². The summed E-state index contributed by atoms with van der Waals surface area (Å²) in [5, 5.41) is 1.11. The van der Waals surface area contributed by atoms with E-state index in [1.807, 2.05) is 30.3 Å². The normalized spacial score (nSPS) is 10.6. The molecule has 4 nitrogen and oxygen atoms in total. The highest BCUT2D eigenvalue weighted by Gasteiger charge is 2.16. The minimum Gasteiger partial charge on any atom is -0.462 e. The Hall–Kier alpha value is -2.88. The van der Waals surface area contributed by atoms with Crippen LogP contribution in [0, 0.1) is 0 Å². The van der Waals surface area contributed by atoms with Crippen molar-refractivity contribution in [2.24, 2.45) is 0 Å². The summed E-state index contributed by atoms with van der Waals surface area (Å²) in [6.07, 6.45) is 1.55. The molecule has 0 amide bonds. The van der Waals surface area contributed by atoms with E-state index in [-0.39, 0.29) is 12.2 Å². The summed E-state index contributed by atoms with van der Waals surface area (Å²) in [4.78, 5) is 24.9. The van der Waals surface area contributed by atoms with Crippen LogP contribution in [-0.2, 0) is 4.74 Å². The average molecular weight is 293 g/mol. The summed E-state index contributed by atoms with van der Waals surface area (Å²) in [5.41, 5.74) is 0.944. The Morgan fingerprint density at radius 2 is 1.64 bits per heavy atom. The first-order valence-electron chi connectivity index (χ1n) is 7.09. The third-order valence-corrected chi connectivity index (χ3v) is 3.45. The molecule has 0 aliphatic rings. The topological polar surface area (TPSA) is 48.3 Å². The van der Waals surface area contributed by atoms with E-state index in [0.29, 0.717) is 22.0 Å². The van der Waals surface area contributed by atoms with Crippen molar-refractivity contribution in [3.63, 3.8) is 0 Å². The second-order valence-electron chi connectivity index (χ2n) is 4.82.